The van der Waals surface area contributed by atoms with Crippen LogP contribution in [0.1, 0.15) is 11.8 Å². The molecule has 8 nitrogen and oxygen atoms in total. The maximum absolute atomic E-state index is 11.6. The van der Waals surface area contributed by atoms with Crippen LogP contribution in [0.5, 0.6) is 0 Å². The van der Waals surface area contributed by atoms with Crippen LogP contribution in [0.3, 0.4) is 0 Å². The number of aromatic nitrogens is 2. The Bertz CT molecular complexity index is 627. The van der Waals surface area contributed by atoms with E-state index >= 15 is 0 Å². The first-order valence-electron chi connectivity index (χ1n) is 5.44. The van der Waals surface area contributed by atoms with Crippen LogP contribution < -0.4 is 11.2 Å². The summed E-state index contributed by atoms with van der Waals surface area (Å²) >= 11 is 0. The predicted octanol–water partition coefficient (Wildman–Crippen LogP) is -2.87. The summed E-state index contributed by atoms with van der Waals surface area (Å²) in [5.41, 5.74) is -1.67. The van der Waals surface area contributed by atoms with E-state index in [1.165, 1.54) is 0 Å². The Balaban J connectivity index is 2.46. The average Bonchev–Trinajstić information content (AvgIpc) is 2.67. The number of nitrogens with zero attached hydrogens (tertiary/aromatic N) is 1. The third-order valence-electron chi connectivity index (χ3n) is 2.91. The van der Waals surface area contributed by atoms with Gasteiger partial charge in [-0.05, 0) is 0 Å². The molecule has 0 amide bonds. The molecule has 0 radical (unpaired) electrons. The number of hydrogen-bond acceptors (Lipinski definition) is 6. The molecule has 4 N–H and O–H groups in total. The molecular formula is C11H12N2O6. The Morgan fingerprint density at radius 3 is 2.63 bits per heavy atom. The van der Waals surface area contributed by atoms with Gasteiger partial charge in [-0.3, -0.25) is 14.3 Å². The lowest BCUT2D eigenvalue weighted by Gasteiger charge is -2.17. The molecule has 0 bridgehead atoms. The minimum absolute atomic E-state index is 0.114. The van der Waals surface area contributed by atoms with E-state index in [9.17, 15) is 19.8 Å². The van der Waals surface area contributed by atoms with Crippen molar-refractivity contribution in [1.29, 1.82) is 0 Å². The molecule has 1 aliphatic heterocycles. The van der Waals surface area contributed by atoms with Gasteiger partial charge in [-0.25, -0.2) is 4.79 Å². The van der Waals surface area contributed by atoms with Crippen molar-refractivity contribution in [2.75, 3.05) is 6.61 Å². The van der Waals surface area contributed by atoms with Crippen LogP contribution in [0.15, 0.2) is 15.8 Å². The van der Waals surface area contributed by atoms with Gasteiger partial charge in [-0.1, -0.05) is 5.92 Å². The van der Waals surface area contributed by atoms with Gasteiger partial charge < -0.3 is 20.1 Å². The number of hydrogen-bond donors (Lipinski definition) is 4. The molecule has 8 heteroatoms. The van der Waals surface area contributed by atoms with Crippen molar-refractivity contribution in [1.82, 2.24) is 9.55 Å². The van der Waals surface area contributed by atoms with Gasteiger partial charge in [0.15, 0.2) is 6.23 Å². The van der Waals surface area contributed by atoms with Gasteiger partial charge in [0.05, 0.1) is 6.61 Å². The molecule has 4 unspecified atom stereocenters. The van der Waals surface area contributed by atoms with Gasteiger partial charge in [0, 0.05) is 6.20 Å². The molecule has 19 heavy (non-hydrogen) atoms. The fourth-order valence-electron chi connectivity index (χ4n) is 1.89. The number of aliphatic hydroxyl groups excluding tert-OH is 3. The monoisotopic (exact) mass is 268 g/mol. The first-order valence-corrected chi connectivity index (χ1v) is 5.44. The third-order valence-corrected chi connectivity index (χ3v) is 2.91. The number of rotatable bonds is 2. The van der Waals surface area contributed by atoms with Gasteiger partial charge in [0.1, 0.15) is 23.9 Å². The molecule has 102 valence electrons. The first kappa shape index (κ1) is 13.5. The number of ether oxygens (including phenoxy) is 1. The molecule has 0 aromatic carbocycles. The highest BCUT2D eigenvalue weighted by molar-refractivity contribution is 5.26. The van der Waals surface area contributed by atoms with Gasteiger partial charge in [-0.2, -0.15) is 0 Å². The van der Waals surface area contributed by atoms with E-state index in [1.807, 2.05) is 4.98 Å². The highest BCUT2D eigenvalue weighted by Crippen LogP contribution is 2.27. The van der Waals surface area contributed by atoms with Gasteiger partial charge in [0.2, 0.25) is 0 Å². The van der Waals surface area contributed by atoms with Crippen LogP contribution in [-0.4, -0.2) is 49.8 Å². The van der Waals surface area contributed by atoms with Crippen molar-refractivity contribution in [2.24, 2.45) is 0 Å². The molecule has 1 saturated heterocycles. The van der Waals surface area contributed by atoms with Crippen molar-refractivity contribution in [3.8, 4) is 12.3 Å². The molecule has 1 aliphatic rings. The summed E-state index contributed by atoms with van der Waals surface area (Å²) in [7, 11) is 0. The molecule has 2 heterocycles. The van der Waals surface area contributed by atoms with Crippen molar-refractivity contribution >= 4 is 0 Å². The van der Waals surface area contributed by atoms with E-state index in [4.69, 9.17) is 16.3 Å². The largest absolute Gasteiger partial charge is 0.394 e. The smallest absolute Gasteiger partial charge is 0.330 e. The molecule has 1 aromatic rings. The van der Waals surface area contributed by atoms with Crippen LogP contribution in [0, 0.1) is 12.3 Å². The van der Waals surface area contributed by atoms with Crippen molar-refractivity contribution in [3.63, 3.8) is 0 Å². The first-order chi connectivity index (χ1) is 8.99. The second-order valence-electron chi connectivity index (χ2n) is 4.08. The minimum atomic E-state index is -1.42. The van der Waals surface area contributed by atoms with Gasteiger partial charge >= 0.3 is 5.69 Å². The summed E-state index contributed by atoms with van der Waals surface area (Å²) in [6, 6.07) is 0. The second kappa shape index (κ2) is 4.99. The fourth-order valence-corrected chi connectivity index (χ4v) is 1.89. The number of aliphatic hydroxyl groups is 3. The molecule has 2 rings (SSSR count). The highest BCUT2D eigenvalue weighted by atomic mass is 16.6. The Labute approximate surface area is 106 Å². The maximum Gasteiger partial charge on any atom is 0.330 e. The summed E-state index contributed by atoms with van der Waals surface area (Å²) in [4.78, 5) is 24.9. The lowest BCUT2D eigenvalue weighted by atomic mass is 10.1. The molecule has 0 saturated carbocycles. The van der Waals surface area contributed by atoms with E-state index < -0.39 is 42.4 Å². The van der Waals surface area contributed by atoms with Crippen LogP contribution in [0.2, 0.25) is 0 Å². The zero-order valence-corrected chi connectivity index (χ0v) is 9.68. The minimum Gasteiger partial charge on any atom is -0.394 e. The zero-order valence-electron chi connectivity index (χ0n) is 9.68. The summed E-state index contributed by atoms with van der Waals surface area (Å²) in [6.07, 6.45) is 1.14. The Morgan fingerprint density at radius 2 is 2.11 bits per heavy atom. The molecule has 0 spiro atoms. The second-order valence-corrected chi connectivity index (χ2v) is 4.08. The quantitative estimate of drug-likeness (QED) is 0.427. The number of H-pyrrole nitrogens is 1. The van der Waals surface area contributed by atoms with E-state index in [0.29, 0.717) is 0 Å². The lowest BCUT2D eigenvalue weighted by Crippen LogP contribution is -2.38. The molecule has 4 atom stereocenters. The van der Waals surface area contributed by atoms with Crippen LogP contribution in [0.4, 0.5) is 0 Å². The van der Waals surface area contributed by atoms with E-state index in [0.717, 1.165) is 10.8 Å². The molecule has 1 fully saturated rings. The normalized spacial score (nSPS) is 30.2. The van der Waals surface area contributed by atoms with Gasteiger partial charge in [0.25, 0.3) is 5.56 Å². The maximum atomic E-state index is 11.6. The summed E-state index contributed by atoms with van der Waals surface area (Å²) in [6.45, 7) is -0.519. The van der Waals surface area contributed by atoms with E-state index in [1.54, 1.807) is 0 Å². The highest BCUT2D eigenvalue weighted by Gasteiger charge is 2.43. The Morgan fingerprint density at radius 1 is 1.42 bits per heavy atom. The SMILES string of the molecule is C#Cc1cn(C2OC(CO)C(O)C2O)c(=O)[nH]c1=O. The average molecular weight is 268 g/mol. The predicted molar refractivity (Wildman–Crippen MR) is 62.3 cm³/mol. The third kappa shape index (κ3) is 2.20. The molecule has 0 aliphatic carbocycles. The van der Waals surface area contributed by atoms with Crippen LogP contribution >= 0.6 is 0 Å². The van der Waals surface area contributed by atoms with Crippen molar-refractivity contribution in [2.45, 2.75) is 24.5 Å². The molecular weight excluding hydrogens is 256 g/mol. The van der Waals surface area contributed by atoms with Crippen molar-refractivity contribution < 1.29 is 20.1 Å². The van der Waals surface area contributed by atoms with E-state index in [-0.39, 0.29) is 5.56 Å². The zero-order chi connectivity index (χ0) is 14.2. The van der Waals surface area contributed by atoms with E-state index in [2.05, 4.69) is 5.92 Å². The van der Waals surface area contributed by atoms with Crippen LogP contribution in [-0.2, 0) is 4.74 Å². The van der Waals surface area contributed by atoms with Crippen molar-refractivity contribution in [3.05, 3.63) is 32.6 Å². The topological polar surface area (TPSA) is 125 Å². The standard InChI is InChI=1S/C11H12N2O6/c1-2-5-3-13(11(18)12-9(5)17)10-8(16)7(15)6(4-14)19-10/h1,3,6-8,10,14-16H,4H2,(H,12,17,18). The Hall–Kier alpha value is -1.92. The lowest BCUT2D eigenvalue weighted by molar-refractivity contribution is -0.0550. The van der Waals surface area contributed by atoms with Crippen LogP contribution in [0.25, 0.3) is 0 Å². The number of terminal acetylenes is 1. The summed E-state index contributed by atoms with van der Waals surface area (Å²) in [5, 5.41) is 28.3. The molecule has 1 aromatic heterocycles. The summed E-state index contributed by atoms with van der Waals surface area (Å²) in [5.74, 6) is 2.09. The summed E-state index contributed by atoms with van der Waals surface area (Å²) < 4.78 is 6.04. The number of nitrogens with one attached hydrogen (secondary N) is 1. The Kier molecular flexibility index (Phi) is 3.55. The number of aromatic amines is 1. The fraction of sp³-hybridized carbons (Fsp3) is 0.455. The van der Waals surface area contributed by atoms with Gasteiger partial charge in [-0.15, -0.1) is 6.42 Å².